The topological polar surface area (TPSA) is 84.1 Å². The molecule has 0 aliphatic carbocycles. The Labute approximate surface area is 154 Å². The minimum Gasteiger partial charge on any atom is -0.368 e. The molecule has 6 heteroatoms. The zero-order chi connectivity index (χ0) is 18.2. The van der Waals surface area contributed by atoms with Crippen LogP contribution in [0, 0.1) is 5.92 Å². The number of hydrogen-bond donors (Lipinski definition) is 2. The SMILES string of the molecule is Nc1ncc(CN2CCCC(CNC(=O)CCc3ccccc3)C2)cn1. The van der Waals surface area contributed by atoms with E-state index in [0.717, 1.165) is 51.0 Å². The fraction of sp³-hybridized carbons (Fsp3) is 0.450. The molecule has 1 aromatic heterocycles. The number of likely N-dealkylation sites (tertiary alicyclic amines) is 1. The van der Waals surface area contributed by atoms with E-state index in [-0.39, 0.29) is 5.91 Å². The van der Waals surface area contributed by atoms with Crippen molar-refractivity contribution in [2.45, 2.75) is 32.2 Å². The first-order valence-electron chi connectivity index (χ1n) is 9.28. The van der Waals surface area contributed by atoms with Gasteiger partial charge >= 0.3 is 0 Å². The molecule has 0 spiro atoms. The summed E-state index contributed by atoms with van der Waals surface area (Å²) < 4.78 is 0. The van der Waals surface area contributed by atoms with Crippen molar-refractivity contribution in [3.63, 3.8) is 0 Å². The molecule has 1 unspecified atom stereocenters. The van der Waals surface area contributed by atoms with Crippen molar-refractivity contribution in [2.75, 3.05) is 25.4 Å². The Morgan fingerprint density at radius 2 is 1.96 bits per heavy atom. The van der Waals surface area contributed by atoms with Gasteiger partial charge in [-0.1, -0.05) is 30.3 Å². The van der Waals surface area contributed by atoms with Gasteiger partial charge in [-0.2, -0.15) is 0 Å². The molecule has 1 aliphatic rings. The maximum Gasteiger partial charge on any atom is 0.220 e. The fourth-order valence-electron chi connectivity index (χ4n) is 3.42. The van der Waals surface area contributed by atoms with E-state index in [4.69, 9.17) is 5.73 Å². The van der Waals surface area contributed by atoms with Crippen LogP contribution in [0.15, 0.2) is 42.7 Å². The van der Waals surface area contributed by atoms with E-state index in [2.05, 4.69) is 32.3 Å². The quantitative estimate of drug-likeness (QED) is 0.795. The van der Waals surface area contributed by atoms with Crippen LogP contribution in [0.1, 0.15) is 30.4 Å². The number of amides is 1. The van der Waals surface area contributed by atoms with Crippen LogP contribution in [-0.4, -0.2) is 40.4 Å². The molecule has 2 heterocycles. The molecule has 2 aromatic rings. The second kappa shape index (κ2) is 9.29. The summed E-state index contributed by atoms with van der Waals surface area (Å²) in [5, 5.41) is 3.11. The van der Waals surface area contributed by atoms with Crippen LogP contribution >= 0.6 is 0 Å². The molecule has 1 aliphatic heterocycles. The lowest BCUT2D eigenvalue weighted by Gasteiger charge is -2.32. The van der Waals surface area contributed by atoms with Crippen LogP contribution in [0.5, 0.6) is 0 Å². The van der Waals surface area contributed by atoms with Gasteiger partial charge in [-0.3, -0.25) is 9.69 Å². The standard InChI is InChI=1S/C20H27N5O/c21-20-23-12-18(13-24-20)15-25-10-4-7-17(14-25)11-22-19(26)9-8-16-5-2-1-3-6-16/h1-3,5-6,12-13,17H,4,7-11,14-15H2,(H,22,26)(H2,21,23,24). The van der Waals surface area contributed by atoms with Crippen LogP contribution in [0.4, 0.5) is 5.95 Å². The maximum atomic E-state index is 12.1. The molecule has 3 rings (SSSR count). The third-order valence-electron chi connectivity index (χ3n) is 4.81. The number of benzene rings is 1. The summed E-state index contributed by atoms with van der Waals surface area (Å²) in [5.74, 6) is 0.945. The first-order valence-corrected chi connectivity index (χ1v) is 9.28. The van der Waals surface area contributed by atoms with Crippen molar-refractivity contribution in [2.24, 2.45) is 5.92 Å². The molecule has 1 aromatic carbocycles. The van der Waals surface area contributed by atoms with E-state index in [0.29, 0.717) is 18.3 Å². The summed E-state index contributed by atoms with van der Waals surface area (Å²) in [4.78, 5) is 22.6. The minimum atomic E-state index is 0.137. The molecule has 138 valence electrons. The highest BCUT2D eigenvalue weighted by Crippen LogP contribution is 2.18. The largest absolute Gasteiger partial charge is 0.368 e. The number of aromatic nitrogens is 2. The summed E-state index contributed by atoms with van der Waals surface area (Å²) in [6, 6.07) is 10.1. The molecule has 6 nitrogen and oxygen atoms in total. The Morgan fingerprint density at radius 3 is 2.73 bits per heavy atom. The molecule has 1 atom stereocenters. The minimum absolute atomic E-state index is 0.137. The van der Waals surface area contributed by atoms with E-state index in [9.17, 15) is 4.79 Å². The molecular weight excluding hydrogens is 326 g/mol. The Balaban J connectivity index is 1.39. The summed E-state index contributed by atoms with van der Waals surface area (Å²) >= 11 is 0. The number of nitrogen functional groups attached to an aromatic ring is 1. The second-order valence-electron chi connectivity index (χ2n) is 6.98. The van der Waals surface area contributed by atoms with Crippen LogP contribution in [0.3, 0.4) is 0 Å². The number of nitrogens with one attached hydrogen (secondary N) is 1. The summed E-state index contributed by atoms with van der Waals surface area (Å²) in [7, 11) is 0. The first kappa shape index (κ1) is 18.3. The molecule has 1 fully saturated rings. The van der Waals surface area contributed by atoms with Crippen molar-refractivity contribution in [1.82, 2.24) is 20.2 Å². The lowest BCUT2D eigenvalue weighted by atomic mass is 9.97. The lowest BCUT2D eigenvalue weighted by molar-refractivity contribution is -0.121. The van der Waals surface area contributed by atoms with Gasteiger partial charge in [0.15, 0.2) is 0 Å². The number of rotatable bonds is 7. The van der Waals surface area contributed by atoms with Crippen LogP contribution in [0.25, 0.3) is 0 Å². The van der Waals surface area contributed by atoms with E-state index in [1.54, 1.807) is 12.4 Å². The smallest absolute Gasteiger partial charge is 0.220 e. The van der Waals surface area contributed by atoms with E-state index < -0.39 is 0 Å². The lowest BCUT2D eigenvalue weighted by Crippen LogP contribution is -2.40. The number of nitrogens with zero attached hydrogens (tertiary/aromatic N) is 3. The van der Waals surface area contributed by atoms with Crippen LogP contribution in [-0.2, 0) is 17.8 Å². The van der Waals surface area contributed by atoms with Crippen molar-refractivity contribution in [1.29, 1.82) is 0 Å². The average molecular weight is 353 g/mol. The molecule has 1 amide bonds. The number of hydrogen-bond acceptors (Lipinski definition) is 5. The van der Waals surface area contributed by atoms with Crippen molar-refractivity contribution < 1.29 is 4.79 Å². The Hall–Kier alpha value is -2.47. The summed E-state index contributed by atoms with van der Waals surface area (Å²) in [6.07, 6.45) is 7.23. The van der Waals surface area contributed by atoms with Crippen molar-refractivity contribution in [3.05, 3.63) is 53.9 Å². The number of carbonyl (C=O) groups is 1. The zero-order valence-electron chi connectivity index (χ0n) is 15.1. The van der Waals surface area contributed by atoms with Crippen LogP contribution < -0.4 is 11.1 Å². The van der Waals surface area contributed by atoms with E-state index >= 15 is 0 Å². The number of nitrogens with two attached hydrogens (primary N) is 1. The maximum absolute atomic E-state index is 12.1. The van der Waals surface area contributed by atoms with E-state index in [1.807, 2.05) is 18.2 Å². The molecule has 0 bridgehead atoms. The van der Waals surface area contributed by atoms with Gasteiger partial charge in [-0.15, -0.1) is 0 Å². The highest BCUT2D eigenvalue weighted by atomic mass is 16.1. The van der Waals surface area contributed by atoms with Gasteiger partial charge in [-0.25, -0.2) is 9.97 Å². The van der Waals surface area contributed by atoms with Gasteiger partial charge in [0, 0.05) is 44.0 Å². The monoisotopic (exact) mass is 353 g/mol. The van der Waals surface area contributed by atoms with Crippen molar-refractivity contribution >= 4 is 11.9 Å². The van der Waals surface area contributed by atoms with Crippen LogP contribution in [0.2, 0.25) is 0 Å². The normalized spacial score (nSPS) is 17.8. The van der Waals surface area contributed by atoms with E-state index in [1.165, 1.54) is 5.56 Å². The third kappa shape index (κ3) is 5.81. The molecule has 1 saturated heterocycles. The van der Waals surface area contributed by atoms with Gasteiger partial charge < -0.3 is 11.1 Å². The predicted molar refractivity (Wildman–Crippen MR) is 102 cm³/mol. The first-order chi connectivity index (χ1) is 12.7. The third-order valence-corrected chi connectivity index (χ3v) is 4.81. The second-order valence-corrected chi connectivity index (χ2v) is 6.98. The van der Waals surface area contributed by atoms with Crippen molar-refractivity contribution in [3.8, 4) is 0 Å². The van der Waals surface area contributed by atoms with Gasteiger partial charge in [0.25, 0.3) is 0 Å². The molecule has 3 N–H and O–H groups in total. The Morgan fingerprint density at radius 1 is 1.19 bits per heavy atom. The van der Waals surface area contributed by atoms with Gasteiger partial charge in [0.05, 0.1) is 0 Å². The number of anilines is 1. The molecule has 0 radical (unpaired) electrons. The molecule has 26 heavy (non-hydrogen) atoms. The van der Waals surface area contributed by atoms with Gasteiger partial charge in [0.2, 0.25) is 11.9 Å². The van der Waals surface area contributed by atoms with Gasteiger partial charge in [0.1, 0.15) is 0 Å². The number of piperidine rings is 1. The Bertz CT molecular complexity index is 689. The average Bonchev–Trinajstić information content (AvgIpc) is 2.68. The summed E-state index contributed by atoms with van der Waals surface area (Å²) in [6.45, 7) is 3.65. The Kier molecular flexibility index (Phi) is 6.55. The summed E-state index contributed by atoms with van der Waals surface area (Å²) in [5.41, 5.74) is 7.82. The predicted octanol–water partition coefficient (Wildman–Crippen LogP) is 2.02. The number of aryl methyl sites for hydroxylation is 1. The molecule has 0 saturated carbocycles. The van der Waals surface area contributed by atoms with Gasteiger partial charge in [-0.05, 0) is 37.3 Å². The zero-order valence-corrected chi connectivity index (χ0v) is 15.1. The number of carbonyl (C=O) groups excluding carboxylic acids is 1. The molecular formula is C20H27N5O. The fourth-order valence-corrected chi connectivity index (χ4v) is 3.42. The highest BCUT2D eigenvalue weighted by Gasteiger charge is 2.20. The highest BCUT2D eigenvalue weighted by molar-refractivity contribution is 5.76.